The third-order valence-electron chi connectivity index (χ3n) is 6.95. The van der Waals surface area contributed by atoms with E-state index in [1.165, 1.54) is 33.4 Å². The van der Waals surface area contributed by atoms with Gasteiger partial charge in [-0.3, -0.25) is 4.79 Å². The lowest BCUT2D eigenvalue weighted by atomic mass is 9.61. The number of carbonyl (C=O) groups is 1. The normalized spacial score (nSPS) is 14.0. The molecule has 0 heterocycles. The van der Waals surface area contributed by atoms with E-state index in [-0.39, 0.29) is 11.2 Å². The highest BCUT2D eigenvalue weighted by atomic mass is 16.1. The van der Waals surface area contributed by atoms with Gasteiger partial charge in [0.05, 0.1) is 0 Å². The quantitative estimate of drug-likeness (QED) is 0.334. The fourth-order valence-electron chi connectivity index (χ4n) is 5.97. The number of fused-ring (bicyclic) bond motifs is 2. The van der Waals surface area contributed by atoms with E-state index in [0.29, 0.717) is 0 Å². The zero-order valence-corrected chi connectivity index (χ0v) is 19.9. The molecule has 0 aromatic heterocycles. The standard InChI is InChI=1S/C32H30O/c1-21-13-22(2)16-25(15-21)19-32(20-26-17-23(3)14-24(4)18-26)29-11-7-5-9-27(29)31(33)28-10-6-8-12-30(28)32/h5-18H,19-20H2,1-4H3. The van der Waals surface area contributed by atoms with Gasteiger partial charge in [-0.05, 0) is 62.8 Å². The largest absolute Gasteiger partial charge is 0.289 e. The lowest BCUT2D eigenvalue weighted by Crippen LogP contribution is -2.40. The second-order valence-corrected chi connectivity index (χ2v) is 9.85. The zero-order valence-electron chi connectivity index (χ0n) is 19.9. The average molecular weight is 431 g/mol. The van der Waals surface area contributed by atoms with Gasteiger partial charge in [-0.25, -0.2) is 0 Å². The van der Waals surface area contributed by atoms with Crippen molar-refractivity contribution >= 4 is 5.78 Å². The molecule has 4 aromatic carbocycles. The summed E-state index contributed by atoms with van der Waals surface area (Å²) in [6.07, 6.45) is 1.70. The van der Waals surface area contributed by atoms with E-state index in [9.17, 15) is 4.79 Å². The Morgan fingerprint density at radius 1 is 0.545 bits per heavy atom. The lowest BCUT2D eigenvalue weighted by molar-refractivity contribution is 0.102. The topological polar surface area (TPSA) is 17.1 Å². The molecule has 33 heavy (non-hydrogen) atoms. The van der Waals surface area contributed by atoms with Crippen LogP contribution in [0, 0.1) is 27.7 Å². The first-order chi connectivity index (χ1) is 15.9. The summed E-state index contributed by atoms with van der Waals surface area (Å²) in [4.78, 5) is 13.5. The van der Waals surface area contributed by atoms with Gasteiger partial charge in [-0.2, -0.15) is 0 Å². The second kappa shape index (κ2) is 8.15. The molecule has 0 saturated carbocycles. The first kappa shape index (κ1) is 21.4. The molecular formula is C32H30O. The van der Waals surface area contributed by atoms with Crippen LogP contribution in [0.1, 0.15) is 60.4 Å². The molecular weight excluding hydrogens is 400 g/mol. The molecule has 0 unspecified atom stereocenters. The van der Waals surface area contributed by atoms with Gasteiger partial charge in [-0.1, -0.05) is 107 Å². The number of carbonyl (C=O) groups excluding carboxylic acids is 1. The summed E-state index contributed by atoms with van der Waals surface area (Å²) in [5.74, 6) is 0.137. The molecule has 1 heteroatoms. The Balaban J connectivity index is 1.80. The third kappa shape index (κ3) is 3.82. The third-order valence-corrected chi connectivity index (χ3v) is 6.95. The molecule has 1 aliphatic carbocycles. The second-order valence-electron chi connectivity index (χ2n) is 9.85. The minimum atomic E-state index is -0.318. The maximum absolute atomic E-state index is 13.5. The molecule has 0 fully saturated rings. The van der Waals surface area contributed by atoms with E-state index < -0.39 is 0 Å². The summed E-state index contributed by atoms with van der Waals surface area (Å²) in [6, 6.07) is 30.2. The Hall–Kier alpha value is -3.45. The van der Waals surface area contributed by atoms with Crippen LogP contribution in [0.2, 0.25) is 0 Å². The van der Waals surface area contributed by atoms with E-state index in [2.05, 4.69) is 88.4 Å². The Morgan fingerprint density at radius 3 is 1.30 bits per heavy atom. The van der Waals surface area contributed by atoms with Gasteiger partial charge in [0.15, 0.2) is 5.78 Å². The maximum Gasteiger partial charge on any atom is 0.193 e. The van der Waals surface area contributed by atoms with Gasteiger partial charge in [0.25, 0.3) is 0 Å². The van der Waals surface area contributed by atoms with Gasteiger partial charge < -0.3 is 0 Å². The van der Waals surface area contributed by atoms with Crippen LogP contribution in [0.3, 0.4) is 0 Å². The van der Waals surface area contributed by atoms with Crippen LogP contribution in [-0.4, -0.2) is 5.78 Å². The number of aryl methyl sites for hydroxylation is 4. The molecule has 4 aromatic rings. The summed E-state index contributed by atoms with van der Waals surface area (Å²) in [7, 11) is 0. The summed E-state index contributed by atoms with van der Waals surface area (Å²) in [5.41, 5.74) is 11.4. The highest BCUT2D eigenvalue weighted by Crippen LogP contribution is 2.46. The highest BCUT2D eigenvalue weighted by Gasteiger charge is 2.43. The van der Waals surface area contributed by atoms with E-state index in [0.717, 1.165) is 35.1 Å². The van der Waals surface area contributed by atoms with Gasteiger partial charge in [0.1, 0.15) is 0 Å². The molecule has 0 N–H and O–H groups in total. The van der Waals surface area contributed by atoms with Crippen LogP contribution >= 0.6 is 0 Å². The molecule has 0 aliphatic heterocycles. The SMILES string of the molecule is Cc1cc(C)cc(CC2(Cc3cc(C)cc(C)c3)c3ccccc3C(=O)c3ccccc32)c1. The van der Waals surface area contributed by atoms with Crippen molar-refractivity contribution in [1.82, 2.24) is 0 Å². The number of ketones is 1. The van der Waals surface area contributed by atoms with Gasteiger partial charge in [0.2, 0.25) is 0 Å². The minimum absolute atomic E-state index is 0.137. The molecule has 164 valence electrons. The monoisotopic (exact) mass is 430 g/mol. The Kier molecular flexibility index (Phi) is 5.29. The van der Waals surface area contributed by atoms with Crippen molar-refractivity contribution in [2.24, 2.45) is 0 Å². The predicted molar refractivity (Wildman–Crippen MR) is 136 cm³/mol. The highest BCUT2D eigenvalue weighted by molar-refractivity contribution is 6.13. The Labute approximate surface area is 197 Å². The van der Waals surface area contributed by atoms with Crippen LogP contribution in [0.5, 0.6) is 0 Å². The molecule has 0 spiro atoms. The first-order valence-electron chi connectivity index (χ1n) is 11.7. The Bertz CT molecular complexity index is 1230. The van der Waals surface area contributed by atoms with Crippen molar-refractivity contribution < 1.29 is 4.79 Å². The number of hydrogen-bond acceptors (Lipinski definition) is 1. The fraction of sp³-hybridized carbons (Fsp3) is 0.219. The molecule has 0 atom stereocenters. The summed E-state index contributed by atoms with van der Waals surface area (Å²) >= 11 is 0. The molecule has 5 rings (SSSR count). The predicted octanol–water partition coefficient (Wildman–Crippen LogP) is 7.24. The van der Waals surface area contributed by atoms with Crippen molar-refractivity contribution in [3.8, 4) is 0 Å². The number of hydrogen-bond donors (Lipinski definition) is 0. The molecule has 0 radical (unpaired) electrons. The number of rotatable bonds is 4. The molecule has 1 nitrogen and oxygen atoms in total. The minimum Gasteiger partial charge on any atom is -0.289 e. The fourth-order valence-corrected chi connectivity index (χ4v) is 5.97. The van der Waals surface area contributed by atoms with Crippen LogP contribution in [0.4, 0.5) is 0 Å². The van der Waals surface area contributed by atoms with E-state index >= 15 is 0 Å². The molecule has 0 bridgehead atoms. The van der Waals surface area contributed by atoms with Crippen LogP contribution in [0.15, 0.2) is 84.9 Å². The first-order valence-corrected chi connectivity index (χ1v) is 11.7. The van der Waals surface area contributed by atoms with Crippen LogP contribution in [-0.2, 0) is 18.3 Å². The van der Waals surface area contributed by atoms with Crippen LogP contribution < -0.4 is 0 Å². The molecule has 1 aliphatic rings. The van der Waals surface area contributed by atoms with Crippen molar-refractivity contribution in [1.29, 1.82) is 0 Å². The lowest BCUT2D eigenvalue weighted by Gasteiger charge is -2.41. The van der Waals surface area contributed by atoms with Gasteiger partial charge in [0, 0.05) is 16.5 Å². The van der Waals surface area contributed by atoms with Crippen molar-refractivity contribution in [3.05, 3.63) is 141 Å². The van der Waals surface area contributed by atoms with Gasteiger partial charge in [-0.15, -0.1) is 0 Å². The summed E-state index contributed by atoms with van der Waals surface area (Å²) in [6.45, 7) is 8.66. The van der Waals surface area contributed by atoms with E-state index in [4.69, 9.17) is 0 Å². The summed E-state index contributed by atoms with van der Waals surface area (Å²) < 4.78 is 0. The van der Waals surface area contributed by atoms with Crippen molar-refractivity contribution in [2.45, 2.75) is 46.0 Å². The molecule has 0 saturated heterocycles. The summed E-state index contributed by atoms with van der Waals surface area (Å²) in [5, 5.41) is 0. The molecule has 0 amide bonds. The van der Waals surface area contributed by atoms with Gasteiger partial charge >= 0.3 is 0 Å². The van der Waals surface area contributed by atoms with Crippen molar-refractivity contribution in [2.75, 3.05) is 0 Å². The van der Waals surface area contributed by atoms with E-state index in [1.54, 1.807) is 0 Å². The smallest absolute Gasteiger partial charge is 0.193 e. The van der Waals surface area contributed by atoms with Crippen LogP contribution in [0.25, 0.3) is 0 Å². The zero-order chi connectivity index (χ0) is 23.2. The Morgan fingerprint density at radius 2 is 0.909 bits per heavy atom. The average Bonchev–Trinajstić information content (AvgIpc) is 2.76. The number of benzene rings is 4. The maximum atomic E-state index is 13.5. The van der Waals surface area contributed by atoms with Crippen molar-refractivity contribution in [3.63, 3.8) is 0 Å². The van der Waals surface area contributed by atoms with E-state index in [1.807, 2.05) is 24.3 Å².